The third-order valence-electron chi connectivity index (χ3n) is 4.00. The van der Waals surface area contributed by atoms with Gasteiger partial charge < -0.3 is 19.9 Å². The molecule has 2 rings (SSSR count). The van der Waals surface area contributed by atoms with E-state index in [9.17, 15) is 0 Å². The van der Waals surface area contributed by atoms with Crippen molar-refractivity contribution in [2.24, 2.45) is 4.99 Å². The highest BCUT2D eigenvalue weighted by atomic mass is 127. The molecule has 0 radical (unpaired) electrons. The van der Waals surface area contributed by atoms with E-state index in [1.807, 2.05) is 13.8 Å². The molecular weight excluding hydrogens is 467 g/mol. The topological polar surface area (TPSA) is 76.4 Å². The predicted molar refractivity (Wildman–Crippen MR) is 124 cm³/mol. The second-order valence-electron chi connectivity index (χ2n) is 6.60. The molecule has 156 valence electrons. The first kappa shape index (κ1) is 24.4. The van der Waals surface area contributed by atoms with Gasteiger partial charge in [-0.3, -0.25) is 0 Å². The molecule has 1 aromatic carbocycles. The van der Waals surface area contributed by atoms with Crippen molar-refractivity contribution in [2.75, 3.05) is 13.1 Å². The van der Waals surface area contributed by atoms with Crippen molar-refractivity contribution in [3.05, 3.63) is 47.5 Å². The second-order valence-corrected chi connectivity index (χ2v) is 6.60. The van der Waals surface area contributed by atoms with E-state index in [1.165, 1.54) is 11.1 Å². The Morgan fingerprint density at radius 3 is 2.71 bits per heavy atom. The average molecular weight is 500 g/mol. The Morgan fingerprint density at radius 2 is 2.00 bits per heavy atom. The Hall–Kier alpha value is -1.68. The largest absolute Gasteiger partial charge is 0.374 e. The van der Waals surface area contributed by atoms with Gasteiger partial charge in [0.1, 0.15) is 12.2 Å². The Bertz CT molecular complexity index is 716. The lowest BCUT2D eigenvalue weighted by atomic mass is 10.1. The van der Waals surface area contributed by atoms with E-state index in [0.717, 1.165) is 37.8 Å². The van der Waals surface area contributed by atoms with Gasteiger partial charge in [0.2, 0.25) is 0 Å². The summed E-state index contributed by atoms with van der Waals surface area (Å²) in [6.07, 6.45) is 2.88. The number of hydrogen-bond acceptors (Lipinski definition) is 4. The van der Waals surface area contributed by atoms with Crippen LogP contribution in [0.4, 0.5) is 0 Å². The first-order valence-corrected chi connectivity index (χ1v) is 9.70. The van der Waals surface area contributed by atoms with Crippen LogP contribution in [0.25, 0.3) is 0 Å². The minimum absolute atomic E-state index is 0. The lowest BCUT2D eigenvalue weighted by molar-refractivity contribution is 0.0657. The number of rotatable bonds is 10. The maximum absolute atomic E-state index is 5.68. The lowest BCUT2D eigenvalue weighted by Crippen LogP contribution is -2.38. The Balaban J connectivity index is 0.00000392. The van der Waals surface area contributed by atoms with Crippen molar-refractivity contribution >= 4 is 29.9 Å². The number of hydrogen-bond donors (Lipinski definition) is 2. The van der Waals surface area contributed by atoms with Crippen molar-refractivity contribution < 1.29 is 4.74 Å². The summed E-state index contributed by atoms with van der Waals surface area (Å²) in [6, 6.07) is 8.39. The molecule has 0 atom stereocenters. The maximum atomic E-state index is 5.68. The van der Waals surface area contributed by atoms with Crippen LogP contribution in [0.3, 0.4) is 0 Å². The number of nitrogens with one attached hydrogen (secondary N) is 2. The van der Waals surface area contributed by atoms with Gasteiger partial charge >= 0.3 is 0 Å². The zero-order valence-electron chi connectivity index (χ0n) is 17.3. The van der Waals surface area contributed by atoms with Crippen LogP contribution in [0.2, 0.25) is 0 Å². The van der Waals surface area contributed by atoms with Crippen LogP contribution in [-0.2, 0) is 30.9 Å². The smallest absolute Gasteiger partial charge is 0.191 e. The fourth-order valence-electron chi connectivity index (χ4n) is 2.63. The van der Waals surface area contributed by atoms with Gasteiger partial charge in [-0.2, -0.15) is 0 Å². The number of aromatic nitrogens is 3. The van der Waals surface area contributed by atoms with E-state index >= 15 is 0 Å². The van der Waals surface area contributed by atoms with Gasteiger partial charge in [-0.1, -0.05) is 31.2 Å². The van der Waals surface area contributed by atoms with E-state index in [2.05, 4.69) is 63.5 Å². The fourth-order valence-corrected chi connectivity index (χ4v) is 2.63. The summed E-state index contributed by atoms with van der Waals surface area (Å²) in [7, 11) is 0. The molecule has 0 spiro atoms. The van der Waals surface area contributed by atoms with Crippen LogP contribution in [0.15, 0.2) is 35.6 Å². The molecule has 0 saturated carbocycles. The number of ether oxygens (including phenoxy) is 1. The minimum Gasteiger partial charge on any atom is -0.374 e. The molecule has 8 heteroatoms. The normalized spacial score (nSPS) is 11.4. The summed E-state index contributed by atoms with van der Waals surface area (Å²) < 4.78 is 7.75. The number of benzene rings is 1. The van der Waals surface area contributed by atoms with Gasteiger partial charge in [-0.15, -0.1) is 34.2 Å². The van der Waals surface area contributed by atoms with Crippen LogP contribution >= 0.6 is 24.0 Å². The van der Waals surface area contributed by atoms with Gasteiger partial charge in [0, 0.05) is 26.1 Å². The quantitative estimate of drug-likeness (QED) is 0.298. The number of halogens is 1. The zero-order valence-corrected chi connectivity index (χ0v) is 19.6. The van der Waals surface area contributed by atoms with E-state index < -0.39 is 0 Å². The molecule has 2 aromatic rings. The van der Waals surface area contributed by atoms with E-state index in [4.69, 9.17) is 9.73 Å². The molecule has 1 heterocycles. The molecule has 0 aliphatic rings. The molecule has 0 aliphatic carbocycles. The molecule has 2 N–H and O–H groups in total. The molecule has 1 aromatic heterocycles. The monoisotopic (exact) mass is 500 g/mol. The van der Waals surface area contributed by atoms with Crippen molar-refractivity contribution in [1.29, 1.82) is 0 Å². The highest BCUT2D eigenvalue weighted by molar-refractivity contribution is 14.0. The summed E-state index contributed by atoms with van der Waals surface area (Å²) >= 11 is 0. The molecule has 0 bridgehead atoms. The maximum Gasteiger partial charge on any atom is 0.191 e. The first-order valence-electron chi connectivity index (χ1n) is 9.70. The second kappa shape index (κ2) is 13.5. The van der Waals surface area contributed by atoms with Crippen LogP contribution in [0.1, 0.15) is 44.6 Å². The molecule has 0 unspecified atom stereocenters. The van der Waals surface area contributed by atoms with E-state index in [1.54, 1.807) is 6.33 Å². The predicted octanol–water partition coefficient (Wildman–Crippen LogP) is 3.14. The average Bonchev–Trinajstić information content (AvgIpc) is 3.12. The summed E-state index contributed by atoms with van der Waals surface area (Å²) in [5.41, 5.74) is 2.35. The molecule has 0 aliphatic heterocycles. The van der Waals surface area contributed by atoms with Crippen LogP contribution in [0.5, 0.6) is 0 Å². The first-order chi connectivity index (χ1) is 13.1. The summed E-state index contributed by atoms with van der Waals surface area (Å²) in [5, 5.41) is 14.7. The summed E-state index contributed by atoms with van der Waals surface area (Å²) in [6.45, 7) is 11.9. The minimum atomic E-state index is 0. The molecule has 28 heavy (non-hydrogen) atoms. The third-order valence-corrected chi connectivity index (χ3v) is 4.00. The number of nitrogens with zero attached hydrogens (tertiary/aromatic N) is 4. The van der Waals surface area contributed by atoms with Gasteiger partial charge in [0.05, 0.1) is 19.3 Å². The van der Waals surface area contributed by atoms with E-state index in [0.29, 0.717) is 13.2 Å². The van der Waals surface area contributed by atoms with Crippen molar-refractivity contribution in [3.8, 4) is 0 Å². The highest BCUT2D eigenvalue weighted by Gasteiger charge is 2.03. The Morgan fingerprint density at radius 1 is 1.21 bits per heavy atom. The summed E-state index contributed by atoms with van der Waals surface area (Å²) in [5.74, 6) is 1.81. The lowest BCUT2D eigenvalue weighted by Gasteiger charge is -2.12. The fraction of sp³-hybridized carbons (Fsp3) is 0.550. The van der Waals surface area contributed by atoms with Crippen molar-refractivity contribution in [3.63, 3.8) is 0 Å². The van der Waals surface area contributed by atoms with Gasteiger partial charge in [-0.25, -0.2) is 4.99 Å². The Kier molecular flexibility index (Phi) is 11.7. The zero-order chi connectivity index (χ0) is 19.5. The van der Waals surface area contributed by atoms with Crippen molar-refractivity contribution in [2.45, 2.75) is 59.9 Å². The molecular formula is C20H33IN6O. The molecule has 7 nitrogen and oxygen atoms in total. The molecule has 0 amide bonds. The molecule has 0 fully saturated rings. The Labute approximate surface area is 185 Å². The van der Waals surface area contributed by atoms with Gasteiger partial charge in [0.25, 0.3) is 0 Å². The SMILES string of the molecule is CCNC(=NCc1cccc(COC(C)C)c1)NCCn1cnnc1CC.I. The third kappa shape index (κ3) is 8.55. The van der Waals surface area contributed by atoms with Gasteiger partial charge in [-0.05, 0) is 31.9 Å². The standard InChI is InChI=1S/C20H32N6O.HI/c1-5-19-25-24-15-26(19)11-10-22-20(21-6-2)23-13-17-8-7-9-18(12-17)14-27-16(3)4;/h7-9,12,15-16H,5-6,10-11,13-14H2,1-4H3,(H2,21,22,23);1H. The number of aliphatic imine (C=N–C) groups is 1. The molecule has 0 saturated heterocycles. The van der Waals surface area contributed by atoms with Crippen LogP contribution < -0.4 is 10.6 Å². The van der Waals surface area contributed by atoms with Crippen molar-refractivity contribution in [1.82, 2.24) is 25.4 Å². The van der Waals surface area contributed by atoms with Crippen LogP contribution in [0, 0.1) is 0 Å². The van der Waals surface area contributed by atoms with Gasteiger partial charge in [0.15, 0.2) is 5.96 Å². The number of guanidine groups is 1. The van der Waals surface area contributed by atoms with E-state index in [-0.39, 0.29) is 30.1 Å². The van der Waals surface area contributed by atoms with Crippen LogP contribution in [-0.4, -0.2) is 39.9 Å². The number of aryl methyl sites for hydroxylation is 1. The summed E-state index contributed by atoms with van der Waals surface area (Å²) in [4.78, 5) is 4.69. The highest BCUT2D eigenvalue weighted by Crippen LogP contribution is 2.09.